The summed E-state index contributed by atoms with van der Waals surface area (Å²) in [5.41, 5.74) is 1.97. The van der Waals surface area contributed by atoms with Crippen molar-refractivity contribution in [1.82, 2.24) is 24.8 Å². The SMILES string of the molecule is Cc1cc(C(=O)N2CCO[C@H](c3ccnc(N(C)C)n3)C2)nc(C)n1. The Hall–Kier alpha value is -2.61. The van der Waals surface area contributed by atoms with Crippen molar-refractivity contribution in [2.75, 3.05) is 38.7 Å². The minimum atomic E-state index is -0.275. The lowest BCUT2D eigenvalue weighted by Gasteiger charge is -2.32. The first-order valence-corrected chi connectivity index (χ1v) is 8.17. The van der Waals surface area contributed by atoms with E-state index in [4.69, 9.17) is 4.74 Å². The first kappa shape index (κ1) is 17.2. The Morgan fingerprint density at radius 3 is 2.80 bits per heavy atom. The fourth-order valence-corrected chi connectivity index (χ4v) is 2.76. The van der Waals surface area contributed by atoms with Crippen LogP contribution in [0.2, 0.25) is 0 Å². The molecule has 1 amide bonds. The Kier molecular flexibility index (Phi) is 4.89. The van der Waals surface area contributed by atoms with Gasteiger partial charge in [0.2, 0.25) is 5.95 Å². The average molecular weight is 342 g/mol. The number of rotatable bonds is 3. The second kappa shape index (κ2) is 7.10. The lowest BCUT2D eigenvalue weighted by molar-refractivity contribution is -0.0249. The quantitative estimate of drug-likeness (QED) is 0.827. The molecule has 132 valence electrons. The molecule has 0 spiro atoms. The van der Waals surface area contributed by atoms with Gasteiger partial charge in [0.25, 0.3) is 5.91 Å². The molecule has 3 rings (SSSR count). The predicted molar refractivity (Wildman–Crippen MR) is 92.5 cm³/mol. The van der Waals surface area contributed by atoms with Crippen LogP contribution in [0.3, 0.4) is 0 Å². The van der Waals surface area contributed by atoms with E-state index in [0.717, 1.165) is 11.4 Å². The van der Waals surface area contributed by atoms with Gasteiger partial charge in [0.15, 0.2) is 0 Å². The van der Waals surface area contributed by atoms with Crippen LogP contribution in [0, 0.1) is 13.8 Å². The molecule has 1 aliphatic heterocycles. The van der Waals surface area contributed by atoms with E-state index in [1.807, 2.05) is 32.0 Å². The summed E-state index contributed by atoms with van der Waals surface area (Å²) in [6.07, 6.45) is 1.43. The van der Waals surface area contributed by atoms with Gasteiger partial charge in [0.05, 0.1) is 18.8 Å². The van der Waals surface area contributed by atoms with Crippen LogP contribution in [0.15, 0.2) is 18.3 Å². The van der Waals surface area contributed by atoms with E-state index < -0.39 is 0 Å². The third kappa shape index (κ3) is 3.90. The first-order chi connectivity index (χ1) is 11.9. The topological polar surface area (TPSA) is 84.3 Å². The number of carbonyl (C=O) groups excluding carboxylic acids is 1. The summed E-state index contributed by atoms with van der Waals surface area (Å²) in [6.45, 7) is 5.07. The number of ether oxygens (including phenoxy) is 1. The molecule has 1 saturated heterocycles. The third-order valence-electron chi connectivity index (χ3n) is 3.93. The van der Waals surface area contributed by atoms with Crippen LogP contribution in [0.25, 0.3) is 0 Å². The van der Waals surface area contributed by atoms with E-state index in [-0.39, 0.29) is 12.0 Å². The minimum Gasteiger partial charge on any atom is -0.368 e. The fourth-order valence-electron chi connectivity index (χ4n) is 2.76. The lowest BCUT2D eigenvalue weighted by Crippen LogP contribution is -2.43. The number of hydrogen-bond donors (Lipinski definition) is 0. The number of aromatic nitrogens is 4. The number of aryl methyl sites for hydroxylation is 2. The fraction of sp³-hybridized carbons (Fsp3) is 0.471. The molecule has 0 bridgehead atoms. The predicted octanol–water partition coefficient (Wildman–Crippen LogP) is 1.16. The molecule has 0 saturated carbocycles. The van der Waals surface area contributed by atoms with Crippen LogP contribution in [-0.4, -0.2) is 64.5 Å². The smallest absolute Gasteiger partial charge is 0.272 e. The van der Waals surface area contributed by atoms with E-state index in [9.17, 15) is 4.79 Å². The Bertz CT molecular complexity index is 759. The highest BCUT2D eigenvalue weighted by Crippen LogP contribution is 2.22. The number of carbonyl (C=O) groups is 1. The summed E-state index contributed by atoms with van der Waals surface area (Å²) in [7, 11) is 3.77. The molecular formula is C17H22N6O2. The molecule has 2 aromatic heterocycles. The maximum Gasteiger partial charge on any atom is 0.272 e. The molecule has 25 heavy (non-hydrogen) atoms. The molecule has 1 fully saturated rings. The zero-order valence-corrected chi connectivity index (χ0v) is 14.9. The number of nitrogens with zero attached hydrogens (tertiary/aromatic N) is 6. The van der Waals surface area contributed by atoms with Crippen molar-refractivity contribution in [3.63, 3.8) is 0 Å². The Balaban J connectivity index is 1.79. The van der Waals surface area contributed by atoms with Gasteiger partial charge >= 0.3 is 0 Å². The number of morpholine rings is 1. The maximum absolute atomic E-state index is 12.8. The molecule has 8 heteroatoms. The first-order valence-electron chi connectivity index (χ1n) is 8.17. The van der Waals surface area contributed by atoms with Crippen LogP contribution >= 0.6 is 0 Å². The average Bonchev–Trinajstić information content (AvgIpc) is 2.60. The van der Waals surface area contributed by atoms with Crippen molar-refractivity contribution in [1.29, 1.82) is 0 Å². The highest BCUT2D eigenvalue weighted by molar-refractivity contribution is 5.92. The van der Waals surface area contributed by atoms with Crippen molar-refractivity contribution in [2.24, 2.45) is 0 Å². The molecule has 0 aliphatic carbocycles. The van der Waals surface area contributed by atoms with Gasteiger partial charge in [-0.25, -0.2) is 19.9 Å². The van der Waals surface area contributed by atoms with Gasteiger partial charge in [-0.2, -0.15) is 0 Å². The van der Waals surface area contributed by atoms with E-state index in [2.05, 4.69) is 19.9 Å². The summed E-state index contributed by atoms with van der Waals surface area (Å²) in [5, 5.41) is 0. The van der Waals surface area contributed by atoms with Gasteiger partial charge in [-0.1, -0.05) is 0 Å². The van der Waals surface area contributed by atoms with Gasteiger partial charge < -0.3 is 14.5 Å². The number of amides is 1. The van der Waals surface area contributed by atoms with Crippen molar-refractivity contribution in [3.05, 3.63) is 41.2 Å². The van der Waals surface area contributed by atoms with Crippen LogP contribution in [0.5, 0.6) is 0 Å². The summed E-state index contributed by atoms with van der Waals surface area (Å²) >= 11 is 0. The molecular weight excluding hydrogens is 320 g/mol. The third-order valence-corrected chi connectivity index (χ3v) is 3.93. The van der Waals surface area contributed by atoms with E-state index >= 15 is 0 Å². The van der Waals surface area contributed by atoms with Gasteiger partial charge in [0, 0.05) is 32.5 Å². The molecule has 3 heterocycles. The number of anilines is 1. The highest BCUT2D eigenvalue weighted by atomic mass is 16.5. The Morgan fingerprint density at radius 2 is 2.08 bits per heavy atom. The molecule has 0 aromatic carbocycles. The second-order valence-corrected chi connectivity index (χ2v) is 6.23. The van der Waals surface area contributed by atoms with E-state index in [1.165, 1.54) is 0 Å². The van der Waals surface area contributed by atoms with E-state index in [0.29, 0.717) is 37.2 Å². The summed E-state index contributed by atoms with van der Waals surface area (Å²) in [5.74, 6) is 1.11. The minimum absolute atomic E-state index is 0.108. The zero-order chi connectivity index (χ0) is 18.0. The van der Waals surface area contributed by atoms with Gasteiger partial charge in [0.1, 0.15) is 17.6 Å². The van der Waals surface area contributed by atoms with Crippen molar-refractivity contribution in [2.45, 2.75) is 20.0 Å². The normalized spacial score (nSPS) is 17.4. The summed E-state index contributed by atoms with van der Waals surface area (Å²) < 4.78 is 5.83. The monoisotopic (exact) mass is 342 g/mol. The Morgan fingerprint density at radius 1 is 1.28 bits per heavy atom. The van der Waals surface area contributed by atoms with Gasteiger partial charge in [-0.3, -0.25) is 4.79 Å². The van der Waals surface area contributed by atoms with Crippen LogP contribution in [0.1, 0.15) is 33.8 Å². The Labute approximate surface area is 146 Å². The van der Waals surface area contributed by atoms with Crippen LogP contribution in [0.4, 0.5) is 5.95 Å². The van der Waals surface area contributed by atoms with Gasteiger partial charge in [-0.15, -0.1) is 0 Å². The second-order valence-electron chi connectivity index (χ2n) is 6.23. The summed E-state index contributed by atoms with van der Waals surface area (Å²) in [6, 6.07) is 3.54. The lowest BCUT2D eigenvalue weighted by atomic mass is 10.2. The molecule has 8 nitrogen and oxygen atoms in total. The van der Waals surface area contributed by atoms with Crippen LogP contribution < -0.4 is 4.90 Å². The number of hydrogen-bond acceptors (Lipinski definition) is 7. The highest BCUT2D eigenvalue weighted by Gasteiger charge is 2.28. The maximum atomic E-state index is 12.8. The standard InChI is InChI=1S/C17H22N6O2/c1-11-9-14(20-12(2)19-11)16(24)23-7-8-25-15(10-23)13-5-6-18-17(21-13)22(3)4/h5-6,9,15H,7-8,10H2,1-4H3/t15-/m0/s1. The molecule has 1 atom stereocenters. The van der Waals surface area contributed by atoms with Crippen molar-refractivity contribution in [3.8, 4) is 0 Å². The van der Waals surface area contributed by atoms with E-state index in [1.54, 1.807) is 24.1 Å². The van der Waals surface area contributed by atoms with Crippen molar-refractivity contribution < 1.29 is 9.53 Å². The van der Waals surface area contributed by atoms with Gasteiger partial charge in [-0.05, 0) is 26.0 Å². The molecule has 2 aromatic rings. The summed E-state index contributed by atoms with van der Waals surface area (Å²) in [4.78, 5) is 33.6. The zero-order valence-electron chi connectivity index (χ0n) is 14.9. The molecule has 0 radical (unpaired) electrons. The van der Waals surface area contributed by atoms with Crippen LogP contribution in [-0.2, 0) is 4.74 Å². The molecule has 0 N–H and O–H groups in total. The molecule has 1 aliphatic rings. The molecule has 0 unspecified atom stereocenters. The van der Waals surface area contributed by atoms with Crippen molar-refractivity contribution >= 4 is 11.9 Å². The largest absolute Gasteiger partial charge is 0.368 e.